The number of fused-ring (bicyclic) bond motifs is 2. The van der Waals surface area contributed by atoms with Crippen LogP contribution in [0.25, 0.3) is 0 Å². The smallest absolute Gasteiger partial charge is 0.224 e. The number of carbonyl (C=O) groups is 1. The minimum absolute atomic E-state index is 0. The molecular formula is C16H23ClN2O. The molecule has 110 valence electrons. The first-order valence-electron chi connectivity index (χ1n) is 7.25. The van der Waals surface area contributed by atoms with Crippen molar-refractivity contribution in [2.45, 2.75) is 44.1 Å². The molecule has 3 atom stereocenters. The molecule has 0 bridgehead atoms. The van der Waals surface area contributed by atoms with E-state index >= 15 is 0 Å². The molecule has 0 saturated heterocycles. The fourth-order valence-corrected chi connectivity index (χ4v) is 3.49. The molecule has 1 fully saturated rings. The van der Waals surface area contributed by atoms with E-state index in [1.807, 2.05) is 6.92 Å². The second-order valence-electron chi connectivity index (χ2n) is 6.13. The van der Waals surface area contributed by atoms with Gasteiger partial charge in [0.2, 0.25) is 5.91 Å². The zero-order valence-corrected chi connectivity index (χ0v) is 12.7. The summed E-state index contributed by atoms with van der Waals surface area (Å²) in [7, 11) is 0. The van der Waals surface area contributed by atoms with Crippen LogP contribution in [0.3, 0.4) is 0 Å². The van der Waals surface area contributed by atoms with Crippen LogP contribution in [0.1, 0.15) is 37.3 Å². The van der Waals surface area contributed by atoms with Gasteiger partial charge in [-0.3, -0.25) is 4.79 Å². The van der Waals surface area contributed by atoms with Crippen LogP contribution in [0.2, 0.25) is 0 Å². The third kappa shape index (κ3) is 2.57. The lowest BCUT2D eigenvalue weighted by atomic mass is 9.95. The van der Waals surface area contributed by atoms with Gasteiger partial charge in [0.15, 0.2) is 0 Å². The Labute approximate surface area is 126 Å². The molecule has 1 saturated carbocycles. The fraction of sp³-hybridized carbons (Fsp3) is 0.562. The summed E-state index contributed by atoms with van der Waals surface area (Å²) in [5, 5.41) is 3.04. The highest BCUT2D eigenvalue weighted by atomic mass is 35.5. The van der Waals surface area contributed by atoms with E-state index in [1.54, 1.807) is 0 Å². The Morgan fingerprint density at radius 2 is 2.25 bits per heavy atom. The highest BCUT2D eigenvalue weighted by molar-refractivity contribution is 5.85. The van der Waals surface area contributed by atoms with Gasteiger partial charge in [-0.2, -0.15) is 0 Å². The lowest BCUT2D eigenvalue weighted by Crippen LogP contribution is -2.31. The molecule has 3 N–H and O–H groups in total. The molecule has 20 heavy (non-hydrogen) atoms. The minimum Gasteiger partial charge on any atom is -0.356 e. The van der Waals surface area contributed by atoms with Gasteiger partial charge < -0.3 is 11.1 Å². The van der Waals surface area contributed by atoms with Crippen LogP contribution in [0.15, 0.2) is 24.3 Å². The first-order valence-corrected chi connectivity index (χ1v) is 7.25. The summed E-state index contributed by atoms with van der Waals surface area (Å²) in [5.41, 5.74) is 8.72. The normalized spacial score (nSPS) is 27.6. The first kappa shape index (κ1) is 15.3. The summed E-state index contributed by atoms with van der Waals surface area (Å²) in [4.78, 5) is 12.2. The van der Waals surface area contributed by atoms with Crippen LogP contribution in [0.5, 0.6) is 0 Å². The van der Waals surface area contributed by atoms with Crippen LogP contribution in [-0.2, 0) is 16.6 Å². The maximum atomic E-state index is 12.2. The lowest BCUT2D eigenvalue weighted by Gasteiger charge is -2.12. The largest absolute Gasteiger partial charge is 0.356 e. The van der Waals surface area contributed by atoms with E-state index in [0.717, 1.165) is 25.7 Å². The lowest BCUT2D eigenvalue weighted by molar-refractivity contribution is -0.122. The SMILES string of the molecule is CC(N)CCNC(=O)C1CC12CCc1ccccc12.Cl. The molecule has 3 nitrogen and oxygen atoms in total. The molecule has 2 aliphatic carbocycles. The van der Waals surface area contributed by atoms with Crippen molar-refractivity contribution < 1.29 is 4.79 Å². The van der Waals surface area contributed by atoms with Gasteiger partial charge in [0.25, 0.3) is 0 Å². The number of rotatable bonds is 4. The van der Waals surface area contributed by atoms with Crippen molar-refractivity contribution in [1.82, 2.24) is 5.32 Å². The van der Waals surface area contributed by atoms with Crippen molar-refractivity contribution >= 4 is 18.3 Å². The number of halogens is 1. The van der Waals surface area contributed by atoms with E-state index in [1.165, 1.54) is 11.1 Å². The van der Waals surface area contributed by atoms with Crippen LogP contribution in [0, 0.1) is 5.92 Å². The predicted molar refractivity (Wildman–Crippen MR) is 83.1 cm³/mol. The Hall–Kier alpha value is -1.06. The number of benzene rings is 1. The van der Waals surface area contributed by atoms with Crippen molar-refractivity contribution in [2.24, 2.45) is 11.7 Å². The average molecular weight is 295 g/mol. The van der Waals surface area contributed by atoms with Gasteiger partial charge in [-0.05, 0) is 43.7 Å². The maximum absolute atomic E-state index is 12.2. The highest BCUT2D eigenvalue weighted by Gasteiger charge is 2.61. The molecule has 0 aliphatic heterocycles. The summed E-state index contributed by atoms with van der Waals surface area (Å²) in [6, 6.07) is 8.75. The molecular weight excluding hydrogens is 272 g/mol. The number of nitrogens with two attached hydrogens (primary N) is 1. The molecule has 0 radical (unpaired) electrons. The Bertz CT molecular complexity index is 503. The zero-order chi connectivity index (χ0) is 13.5. The second-order valence-corrected chi connectivity index (χ2v) is 6.13. The number of aryl methyl sites for hydroxylation is 1. The number of hydrogen-bond acceptors (Lipinski definition) is 2. The molecule has 1 amide bonds. The summed E-state index contributed by atoms with van der Waals surface area (Å²) >= 11 is 0. The summed E-state index contributed by atoms with van der Waals surface area (Å²) in [5.74, 6) is 0.404. The predicted octanol–water partition coefficient (Wildman–Crippen LogP) is 2.17. The van der Waals surface area contributed by atoms with E-state index in [0.29, 0.717) is 6.54 Å². The minimum atomic E-state index is 0. The van der Waals surface area contributed by atoms with E-state index in [-0.39, 0.29) is 35.7 Å². The number of amides is 1. The molecule has 1 aromatic carbocycles. The topological polar surface area (TPSA) is 55.1 Å². The molecule has 1 spiro atoms. The molecule has 3 unspecified atom stereocenters. The Balaban J connectivity index is 0.00000147. The molecule has 4 heteroatoms. The zero-order valence-electron chi connectivity index (χ0n) is 11.9. The monoisotopic (exact) mass is 294 g/mol. The maximum Gasteiger partial charge on any atom is 0.224 e. The standard InChI is InChI=1S/C16H22N2O.ClH/c1-11(17)7-9-18-15(19)14-10-16(14)8-6-12-4-2-3-5-13(12)16;/h2-5,11,14H,6-10,17H2,1H3,(H,18,19);1H. The number of carbonyl (C=O) groups excluding carboxylic acids is 1. The van der Waals surface area contributed by atoms with E-state index in [2.05, 4.69) is 29.6 Å². The summed E-state index contributed by atoms with van der Waals surface area (Å²) in [6.07, 6.45) is 4.13. The average Bonchev–Trinajstić information content (AvgIpc) is 3.00. The van der Waals surface area contributed by atoms with Crippen molar-refractivity contribution in [2.75, 3.05) is 6.54 Å². The van der Waals surface area contributed by atoms with E-state index < -0.39 is 0 Å². The van der Waals surface area contributed by atoms with Gasteiger partial charge in [0.1, 0.15) is 0 Å². The van der Waals surface area contributed by atoms with Crippen LogP contribution >= 0.6 is 12.4 Å². The van der Waals surface area contributed by atoms with Crippen LogP contribution < -0.4 is 11.1 Å². The molecule has 1 aromatic rings. The quantitative estimate of drug-likeness (QED) is 0.894. The second kappa shape index (κ2) is 5.74. The fourth-order valence-electron chi connectivity index (χ4n) is 3.49. The van der Waals surface area contributed by atoms with Gasteiger partial charge in [-0.15, -0.1) is 12.4 Å². The Kier molecular flexibility index (Phi) is 4.40. The van der Waals surface area contributed by atoms with Gasteiger partial charge in [-0.1, -0.05) is 24.3 Å². The molecule has 0 heterocycles. The summed E-state index contributed by atoms with van der Waals surface area (Å²) < 4.78 is 0. The molecule has 0 aromatic heterocycles. The van der Waals surface area contributed by atoms with Gasteiger partial charge in [0.05, 0.1) is 0 Å². The third-order valence-electron chi connectivity index (χ3n) is 4.68. The van der Waals surface area contributed by atoms with Gasteiger partial charge in [0, 0.05) is 23.9 Å². The Morgan fingerprint density at radius 1 is 1.50 bits per heavy atom. The number of nitrogens with one attached hydrogen (secondary N) is 1. The van der Waals surface area contributed by atoms with E-state index in [4.69, 9.17) is 5.73 Å². The molecule has 3 rings (SSSR count). The van der Waals surface area contributed by atoms with Crippen molar-refractivity contribution in [1.29, 1.82) is 0 Å². The first-order chi connectivity index (χ1) is 9.13. The molecule has 2 aliphatic rings. The summed E-state index contributed by atoms with van der Waals surface area (Å²) in [6.45, 7) is 2.67. The highest BCUT2D eigenvalue weighted by Crippen LogP contribution is 2.61. The van der Waals surface area contributed by atoms with Crippen molar-refractivity contribution in [3.63, 3.8) is 0 Å². The van der Waals surface area contributed by atoms with Crippen LogP contribution in [-0.4, -0.2) is 18.5 Å². The van der Waals surface area contributed by atoms with Crippen molar-refractivity contribution in [3.05, 3.63) is 35.4 Å². The van der Waals surface area contributed by atoms with Crippen molar-refractivity contribution in [3.8, 4) is 0 Å². The van der Waals surface area contributed by atoms with Crippen LogP contribution in [0.4, 0.5) is 0 Å². The number of hydrogen-bond donors (Lipinski definition) is 2. The third-order valence-corrected chi connectivity index (χ3v) is 4.68. The van der Waals surface area contributed by atoms with Gasteiger partial charge >= 0.3 is 0 Å². The van der Waals surface area contributed by atoms with E-state index in [9.17, 15) is 4.79 Å². The van der Waals surface area contributed by atoms with Gasteiger partial charge in [-0.25, -0.2) is 0 Å². The Morgan fingerprint density at radius 3 is 3.00 bits per heavy atom.